The molecule has 0 aliphatic rings. The molecule has 2 aromatic carbocycles. The van der Waals surface area contributed by atoms with Crippen molar-refractivity contribution < 1.29 is 9.32 Å². The average molecular weight is 392 g/mol. The molecule has 5 heteroatoms. The van der Waals surface area contributed by atoms with Crippen molar-refractivity contribution in [2.45, 2.75) is 52.5 Å². The van der Waals surface area contributed by atoms with Gasteiger partial charge in [0, 0.05) is 19.0 Å². The highest BCUT2D eigenvalue weighted by atomic mass is 16.5. The van der Waals surface area contributed by atoms with Gasteiger partial charge in [-0.25, -0.2) is 0 Å². The molecule has 29 heavy (non-hydrogen) atoms. The number of carbonyl (C=O) groups excluding carboxylic acids is 1. The van der Waals surface area contributed by atoms with Gasteiger partial charge in [0.15, 0.2) is 0 Å². The molecule has 0 saturated heterocycles. The number of benzene rings is 2. The van der Waals surface area contributed by atoms with E-state index in [1.165, 1.54) is 11.1 Å². The summed E-state index contributed by atoms with van der Waals surface area (Å²) in [4.78, 5) is 18.6. The summed E-state index contributed by atoms with van der Waals surface area (Å²) in [7, 11) is 1.77. The van der Waals surface area contributed by atoms with Crippen LogP contribution in [0.4, 0.5) is 0 Å². The van der Waals surface area contributed by atoms with Gasteiger partial charge in [-0.3, -0.25) is 4.79 Å². The molecule has 152 valence electrons. The van der Waals surface area contributed by atoms with Crippen molar-refractivity contribution in [3.8, 4) is 11.4 Å². The van der Waals surface area contributed by atoms with Crippen LogP contribution < -0.4 is 0 Å². The molecule has 1 heterocycles. The van der Waals surface area contributed by atoms with Gasteiger partial charge in [-0.15, -0.1) is 0 Å². The van der Waals surface area contributed by atoms with Gasteiger partial charge in [0.25, 0.3) is 0 Å². The summed E-state index contributed by atoms with van der Waals surface area (Å²) in [5.74, 6) is 1.04. The molecule has 0 aliphatic heterocycles. The summed E-state index contributed by atoms with van der Waals surface area (Å²) >= 11 is 0. The number of rotatable bonds is 6. The SMILES string of the molecule is Cc1cccc(-c2noc(CN(C)C(=O)CCc3ccc(C(C)(C)C)cc3)n2)c1. The Bertz CT molecular complexity index is 968. The highest BCUT2D eigenvalue weighted by molar-refractivity contribution is 5.76. The lowest BCUT2D eigenvalue weighted by Gasteiger charge is -2.19. The summed E-state index contributed by atoms with van der Waals surface area (Å²) in [6, 6.07) is 16.5. The quantitative estimate of drug-likeness (QED) is 0.597. The van der Waals surface area contributed by atoms with Crippen molar-refractivity contribution in [1.82, 2.24) is 15.0 Å². The fourth-order valence-electron chi connectivity index (χ4n) is 3.13. The maximum atomic E-state index is 12.5. The monoisotopic (exact) mass is 391 g/mol. The van der Waals surface area contributed by atoms with Gasteiger partial charge in [-0.05, 0) is 36.0 Å². The minimum Gasteiger partial charge on any atom is -0.337 e. The van der Waals surface area contributed by atoms with Crippen molar-refractivity contribution in [3.05, 3.63) is 71.1 Å². The van der Waals surface area contributed by atoms with Gasteiger partial charge < -0.3 is 9.42 Å². The first kappa shape index (κ1) is 20.8. The van der Waals surface area contributed by atoms with E-state index in [0.717, 1.165) is 11.1 Å². The summed E-state index contributed by atoms with van der Waals surface area (Å²) < 4.78 is 5.33. The molecule has 0 radical (unpaired) electrons. The Morgan fingerprint density at radius 2 is 1.83 bits per heavy atom. The van der Waals surface area contributed by atoms with E-state index in [9.17, 15) is 4.79 Å². The van der Waals surface area contributed by atoms with Gasteiger partial charge in [0.1, 0.15) is 0 Å². The summed E-state index contributed by atoms with van der Waals surface area (Å²) in [5.41, 5.74) is 4.64. The zero-order chi connectivity index (χ0) is 21.0. The predicted molar refractivity (Wildman–Crippen MR) is 114 cm³/mol. The average Bonchev–Trinajstić information content (AvgIpc) is 3.14. The third-order valence-corrected chi connectivity index (χ3v) is 4.99. The fourth-order valence-corrected chi connectivity index (χ4v) is 3.13. The van der Waals surface area contributed by atoms with Crippen LogP contribution in [0, 0.1) is 6.92 Å². The molecule has 1 aromatic heterocycles. The minimum atomic E-state index is 0.0557. The first-order valence-corrected chi connectivity index (χ1v) is 9.95. The van der Waals surface area contributed by atoms with Gasteiger partial charge >= 0.3 is 0 Å². The molecule has 3 aromatic rings. The van der Waals surface area contributed by atoms with Crippen molar-refractivity contribution in [3.63, 3.8) is 0 Å². The van der Waals surface area contributed by atoms with E-state index in [4.69, 9.17) is 4.52 Å². The normalized spacial score (nSPS) is 11.5. The lowest BCUT2D eigenvalue weighted by Crippen LogP contribution is -2.26. The maximum Gasteiger partial charge on any atom is 0.246 e. The van der Waals surface area contributed by atoms with E-state index < -0.39 is 0 Å². The van der Waals surface area contributed by atoms with Crippen LogP contribution in [0.25, 0.3) is 11.4 Å². The highest BCUT2D eigenvalue weighted by Crippen LogP contribution is 2.22. The molecule has 0 fully saturated rings. The lowest BCUT2D eigenvalue weighted by atomic mass is 9.86. The number of carbonyl (C=O) groups is 1. The Balaban J connectivity index is 1.54. The topological polar surface area (TPSA) is 59.2 Å². The van der Waals surface area contributed by atoms with Crippen LogP contribution in [-0.2, 0) is 23.2 Å². The molecule has 0 spiro atoms. The van der Waals surface area contributed by atoms with Gasteiger partial charge in [0.05, 0.1) is 6.54 Å². The number of nitrogens with zero attached hydrogens (tertiary/aromatic N) is 3. The fraction of sp³-hybridized carbons (Fsp3) is 0.375. The zero-order valence-corrected chi connectivity index (χ0v) is 17.9. The summed E-state index contributed by atoms with van der Waals surface area (Å²) in [6.07, 6.45) is 1.16. The predicted octanol–water partition coefficient (Wildman–Crippen LogP) is 4.93. The Morgan fingerprint density at radius 3 is 2.48 bits per heavy atom. The number of hydrogen-bond donors (Lipinski definition) is 0. The van der Waals surface area contributed by atoms with Crippen LogP contribution in [-0.4, -0.2) is 28.0 Å². The first-order valence-electron chi connectivity index (χ1n) is 9.95. The van der Waals surface area contributed by atoms with E-state index in [1.807, 2.05) is 31.2 Å². The Kier molecular flexibility index (Phi) is 6.16. The van der Waals surface area contributed by atoms with Crippen LogP contribution in [0.3, 0.4) is 0 Å². The van der Waals surface area contributed by atoms with Gasteiger partial charge in [-0.1, -0.05) is 74.0 Å². The standard InChI is InChI=1S/C24H29N3O2/c1-17-7-6-8-19(15-17)23-25-21(29-26-23)16-27(5)22(28)14-11-18-9-12-20(13-10-18)24(2,3)4/h6-10,12-13,15H,11,14,16H2,1-5H3. The van der Waals surface area contributed by atoms with Crippen LogP contribution in [0.5, 0.6) is 0 Å². The van der Waals surface area contributed by atoms with E-state index in [-0.39, 0.29) is 11.3 Å². The molecular formula is C24H29N3O2. The second-order valence-electron chi connectivity index (χ2n) is 8.58. The summed E-state index contributed by atoms with van der Waals surface area (Å²) in [5, 5.41) is 4.04. The molecule has 0 atom stereocenters. The van der Waals surface area contributed by atoms with Crippen LogP contribution in [0.15, 0.2) is 53.1 Å². The van der Waals surface area contributed by atoms with Crippen LogP contribution >= 0.6 is 0 Å². The van der Waals surface area contributed by atoms with Crippen LogP contribution in [0.1, 0.15) is 49.8 Å². The van der Waals surface area contributed by atoms with Crippen LogP contribution in [0.2, 0.25) is 0 Å². The number of aryl methyl sites for hydroxylation is 2. The van der Waals surface area contributed by atoms with Crippen molar-refractivity contribution in [2.75, 3.05) is 7.05 Å². The molecule has 1 amide bonds. The van der Waals surface area contributed by atoms with Crippen molar-refractivity contribution in [2.24, 2.45) is 0 Å². The van der Waals surface area contributed by atoms with Gasteiger partial charge in [-0.2, -0.15) is 4.98 Å². The molecule has 5 nitrogen and oxygen atoms in total. The molecule has 0 unspecified atom stereocenters. The summed E-state index contributed by atoms with van der Waals surface area (Å²) in [6.45, 7) is 8.92. The zero-order valence-electron chi connectivity index (χ0n) is 17.9. The Morgan fingerprint density at radius 1 is 1.10 bits per heavy atom. The van der Waals surface area contributed by atoms with Gasteiger partial charge in [0.2, 0.25) is 17.6 Å². The lowest BCUT2D eigenvalue weighted by molar-refractivity contribution is -0.130. The Hall–Kier alpha value is -2.95. The molecule has 3 rings (SSSR count). The van der Waals surface area contributed by atoms with Crippen molar-refractivity contribution in [1.29, 1.82) is 0 Å². The van der Waals surface area contributed by atoms with E-state index in [0.29, 0.717) is 31.1 Å². The Labute approximate surface area is 172 Å². The molecular weight excluding hydrogens is 362 g/mol. The third-order valence-electron chi connectivity index (χ3n) is 4.99. The molecule has 0 saturated carbocycles. The maximum absolute atomic E-state index is 12.5. The van der Waals surface area contributed by atoms with E-state index in [1.54, 1.807) is 11.9 Å². The number of amides is 1. The van der Waals surface area contributed by atoms with E-state index >= 15 is 0 Å². The molecule has 0 bridgehead atoms. The minimum absolute atomic E-state index is 0.0557. The molecule has 0 aliphatic carbocycles. The van der Waals surface area contributed by atoms with Crippen molar-refractivity contribution >= 4 is 5.91 Å². The molecule has 0 N–H and O–H groups in total. The van der Waals surface area contributed by atoms with E-state index in [2.05, 4.69) is 55.2 Å². The number of aromatic nitrogens is 2. The number of hydrogen-bond acceptors (Lipinski definition) is 4. The highest BCUT2D eigenvalue weighted by Gasteiger charge is 2.16. The second-order valence-corrected chi connectivity index (χ2v) is 8.58. The largest absolute Gasteiger partial charge is 0.337 e. The smallest absolute Gasteiger partial charge is 0.246 e. The third kappa shape index (κ3) is 5.53. The second kappa shape index (κ2) is 8.60. The first-order chi connectivity index (χ1) is 13.7.